The molecule has 0 aliphatic carbocycles. The number of carbonyl (C=O) groups is 3. The molecule has 1 amide bonds. The van der Waals surface area contributed by atoms with E-state index in [1.165, 1.54) is 7.11 Å². The third-order valence-electron chi connectivity index (χ3n) is 4.34. The molecule has 0 atom stereocenters. The maximum absolute atomic E-state index is 13.3. The van der Waals surface area contributed by atoms with Gasteiger partial charge in [-0.3, -0.25) is 19.8 Å². The Morgan fingerprint density at radius 2 is 1.70 bits per heavy atom. The second-order valence-electron chi connectivity index (χ2n) is 5.95. The number of nitrogens with one attached hydrogen (secondary N) is 1. The van der Waals surface area contributed by atoms with Gasteiger partial charge in [0, 0.05) is 22.0 Å². The van der Waals surface area contributed by atoms with Gasteiger partial charge in [0.2, 0.25) is 5.78 Å². The van der Waals surface area contributed by atoms with Gasteiger partial charge in [-0.2, -0.15) is 0 Å². The molecule has 27 heavy (non-hydrogen) atoms. The molecule has 0 spiro atoms. The minimum atomic E-state index is -0.469. The molecule has 3 N–H and O–H groups in total. The Morgan fingerprint density at radius 1 is 1.04 bits per heavy atom. The predicted molar refractivity (Wildman–Crippen MR) is 99.9 cm³/mol. The summed E-state index contributed by atoms with van der Waals surface area (Å²) in [6, 6.07) is 15.9. The molecule has 7 heteroatoms. The highest BCUT2D eigenvalue weighted by Gasteiger charge is 2.26. The van der Waals surface area contributed by atoms with Gasteiger partial charge < -0.3 is 9.30 Å². The Hall–Kier alpha value is -3.45. The zero-order valence-corrected chi connectivity index (χ0v) is 14.8. The van der Waals surface area contributed by atoms with E-state index in [2.05, 4.69) is 5.43 Å². The molecule has 0 radical (unpaired) electrons. The number of ketones is 1. The fraction of sp³-hybridized carbons (Fsp3) is 0.150. The number of aromatic nitrogens is 1. The summed E-state index contributed by atoms with van der Waals surface area (Å²) >= 11 is 0. The van der Waals surface area contributed by atoms with Crippen molar-refractivity contribution in [2.75, 3.05) is 7.11 Å². The third kappa shape index (κ3) is 3.58. The van der Waals surface area contributed by atoms with E-state index in [1.807, 2.05) is 18.2 Å². The Balaban J connectivity index is 2.27. The quantitative estimate of drug-likeness (QED) is 0.227. The molecule has 3 aromatic rings. The van der Waals surface area contributed by atoms with Gasteiger partial charge in [0.25, 0.3) is 5.91 Å². The number of hydrazine groups is 1. The highest BCUT2D eigenvalue weighted by atomic mass is 16.5. The van der Waals surface area contributed by atoms with Crippen LogP contribution in [0.5, 0.6) is 0 Å². The number of esters is 1. The summed E-state index contributed by atoms with van der Waals surface area (Å²) < 4.78 is 6.38. The molecule has 0 aliphatic rings. The number of hydrogen-bond acceptors (Lipinski definition) is 5. The van der Waals surface area contributed by atoms with E-state index >= 15 is 0 Å². The van der Waals surface area contributed by atoms with Crippen molar-refractivity contribution in [3.05, 3.63) is 71.4 Å². The number of hydrogen-bond donors (Lipinski definition) is 2. The molecule has 1 aromatic heterocycles. The lowest BCUT2D eigenvalue weighted by atomic mass is 10.0. The summed E-state index contributed by atoms with van der Waals surface area (Å²) in [4.78, 5) is 37.2. The van der Waals surface area contributed by atoms with Gasteiger partial charge in [-0.1, -0.05) is 48.5 Å². The summed E-state index contributed by atoms with van der Waals surface area (Å²) in [5, 5.41) is 0.715. The van der Waals surface area contributed by atoms with Gasteiger partial charge in [0.1, 0.15) is 6.54 Å². The molecule has 3 rings (SSSR count). The van der Waals surface area contributed by atoms with Crippen molar-refractivity contribution >= 4 is 28.6 Å². The summed E-state index contributed by atoms with van der Waals surface area (Å²) in [6.07, 6.45) is -0.0812. The lowest BCUT2D eigenvalue weighted by Crippen LogP contribution is -2.34. The van der Waals surface area contributed by atoms with Crippen molar-refractivity contribution in [3.8, 4) is 0 Å². The van der Waals surface area contributed by atoms with Crippen LogP contribution in [0.15, 0.2) is 54.6 Å². The average molecular weight is 365 g/mol. The predicted octanol–water partition coefficient (Wildman–Crippen LogP) is 1.58. The highest BCUT2D eigenvalue weighted by Crippen LogP contribution is 2.29. The molecule has 7 nitrogen and oxygen atoms in total. The highest BCUT2D eigenvalue weighted by molar-refractivity contribution is 6.13. The number of benzene rings is 2. The molecule has 0 saturated carbocycles. The number of para-hydroxylation sites is 1. The van der Waals surface area contributed by atoms with Crippen LogP contribution in [0.1, 0.15) is 21.6 Å². The van der Waals surface area contributed by atoms with Crippen molar-refractivity contribution in [2.24, 2.45) is 5.84 Å². The first-order chi connectivity index (χ1) is 13.1. The van der Waals surface area contributed by atoms with Gasteiger partial charge in [-0.15, -0.1) is 0 Å². The zero-order valence-electron chi connectivity index (χ0n) is 14.8. The van der Waals surface area contributed by atoms with E-state index in [4.69, 9.17) is 10.6 Å². The Bertz CT molecular complexity index is 954. The van der Waals surface area contributed by atoms with E-state index in [1.54, 1.807) is 41.0 Å². The lowest BCUT2D eigenvalue weighted by molar-refractivity contribution is -0.139. The number of methoxy groups -OCH3 is 1. The van der Waals surface area contributed by atoms with E-state index in [-0.39, 0.29) is 24.4 Å². The Labute approximate surface area is 155 Å². The van der Waals surface area contributed by atoms with Crippen LogP contribution in [0.25, 0.3) is 10.9 Å². The smallest absolute Gasteiger partial charge is 0.310 e. The minimum absolute atomic E-state index is 0.0812. The fourth-order valence-electron chi connectivity index (χ4n) is 3.11. The van der Waals surface area contributed by atoms with Gasteiger partial charge in [-0.05, 0) is 6.07 Å². The van der Waals surface area contributed by atoms with Crippen LogP contribution in [-0.2, 0) is 27.3 Å². The van der Waals surface area contributed by atoms with Crippen molar-refractivity contribution in [1.82, 2.24) is 9.99 Å². The number of ether oxygens (including phenoxy) is 1. The maximum Gasteiger partial charge on any atom is 0.310 e. The maximum atomic E-state index is 13.3. The molecule has 138 valence electrons. The average Bonchev–Trinajstić information content (AvgIpc) is 3.01. The topological polar surface area (TPSA) is 103 Å². The number of nitrogens with zero attached hydrogens (tertiary/aromatic N) is 1. The summed E-state index contributed by atoms with van der Waals surface area (Å²) in [5.74, 6) is 4.03. The second-order valence-corrected chi connectivity index (χ2v) is 5.95. The third-order valence-corrected chi connectivity index (χ3v) is 4.34. The standard InChI is InChI=1S/C20H19N3O4/c1-27-18(25)11-15-14-9-5-6-10-16(14)23(12-17(24)22-21)19(15)20(26)13-7-3-2-4-8-13/h2-10H,11-12,21H2,1H3,(H,22,24). The van der Waals surface area contributed by atoms with Crippen molar-refractivity contribution in [2.45, 2.75) is 13.0 Å². The van der Waals surface area contributed by atoms with Crippen LogP contribution < -0.4 is 11.3 Å². The number of fused-ring (bicyclic) bond motifs is 1. The van der Waals surface area contributed by atoms with Crippen LogP contribution in [0.4, 0.5) is 0 Å². The molecule has 0 bridgehead atoms. The number of carbonyl (C=O) groups excluding carboxylic acids is 3. The van der Waals surface area contributed by atoms with Crippen molar-refractivity contribution in [3.63, 3.8) is 0 Å². The molecule has 2 aromatic carbocycles. The minimum Gasteiger partial charge on any atom is -0.469 e. The first kappa shape index (κ1) is 18.3. The van der Waals surface area contributed by atoms with Gasteiger partial charge in [0.05, 0.1) is 19.2 Å². The second kappa shape index (κ2) is 7.84. The Kier molecular flexibility index (Phi) is 5.33. The van der Waals surface area contributed by atoms with E-state index in [0.29, 0.717) is 22.0 Å². The first-order valence-corrected chi connectivity index (χ1v) is 8.33. The number of rotatable bonds is 6. The number of amides is 1. The lowest BCUT2D eigenvalue weighted by Gasteiger charge is -2.11. The molecular weight excluding hydrogens is 346 g/mol. The van der Waals surface area contributed by atoms with Gasteiger partial charge >= 0.3 is 5.97 Å². The van der Waals surface area contributed by atoms with Gasteiger partial charge in [-0.25, -0.2) is 5.84 Å². The zero-order chi connectivity index (χ0) is 19.4. The van der Waals surface area contributed by atoms with E-state index < -0.39 is 11.9 Å². The van der Waals surface area contributed by atoms with Gasteiger partial charge in [0.15, 0.2) is 0 Å². The molecule has 1 heterocycles. The fourth-order valence-corrected chi connectivity index (χ4v) is 3.11. The number of nitrogens with two attached hydrogens (primary N) is 1. The Morgan fingerprint density at radius 3 is 2.37 bits per heavy atom. The largest absolute Gasteiger partial charge is 0.469 e. The van der Waals surface area contributed by atoms with Crippen LogP contribution >= 0.6 is 0 Å². The van der Waals surface area contributed by atoms with Crippen molar-refractivity contribution in [1.29, 1.82) is 0 Å². The van der Waals surface area contributed by atoms with Crippen LogP contribution in [0.3, 0.4) is 0 Å². The molecule has 0 saturated heterocycles. The molecule has 0 fully saturated rings. The first-order valence-electron chi connectivity index (χ1n) is 8.33. The molecular formula is C20H19N3O4. The van der Waals surface area contributed by atoms with E-state index in [0.717, 1.165) is 0 Å². The SMILES string of the molecule is COC(=O)Cc1c(C(=O)c2ccccc2)n(CC(=O)NN)c2ccccc12. The van der Waals surface area contributed by atoms with Crippen LogP contribution in [-0.4, -0.2) is 29.3 Å². The van der Waals surface area contributed by atoms with Crippen LogP contribution in [0.2, 0.25) is 0 Å². The normalized spacial score (nSPS) is 10.6. The molecule has 0 aliphatic heterocycles. The summed E-state index contributed by atoms with van der Waals surface area (Å²) in [7, 11) is 1.29. The summed E-state index contributed by atoms with van der Waals surface area (Å²) in [5.41, 5.74) is 4.01. The van der Waals surface area contributed by atoms with Crippen LogP contribution in [0, 0.1) is 0 Å². The summed E-state index contributed by atoms with van der Waals surface area (Å²) in [6.45, 7) is -0.147. The van der Waals surface area contributed by atoms with Crippen molar-refractivity contribution < 1.29 is 19.1 Å². The molecule has 0 unspecified atom stereocenters. The van der Waals surface area contributed by atoms with E-state index in [9.17, 15) is 14.4 Å². The monoisotopic (exact) mass is 365 g/mol.